The number of halogens is 2. The minimum absolute atomic E-state index is 0.0302. The standard InChI is InChI=1S/C28H33Cl2N5O2/c1-28(2,3)23-15-24(34(4)33-23)32-27(37)31-16-20-9-6-5-8-19(20)14-18-12-13-25(36)35(17-18)26-21(29)10-7-11-22(26)30/h5-11,15,18H,12-14,16-17H2,1-4H3,(H2,31,32,37). The van der Waals surface area contributed by atoms with E-state index in [1.807, 2.05) is 31.3 Å². The molecule has 1 atom stereocenters. The van der Waals surface area contributed by atoms with Gasteiger partial charge in [-0.2, -0.15) is 5.10 Å². The zero-order valence-electron chi connectivity index (χ0n) is 21.6. The maximum atomic E-state index is 12.7. The van der Waals surface area contributed by atoms with E-state index in [0.717, 1.165) is 29.7 Å². The summed E-state index contributed by atoms with van der Waals surface area (Å²) in [6.07, 6.45) is 2.01. The highest BCUT2D eigenvalue weighted by molar-refractivity contribution is 6.39. The number of amides is 3. The molecule has 7 nitrogen and oxygen atoms in total. The fraction of sp³-hybridized carbons (Fsp3) is 0.393. The van der Waals surface area contributed by atoms with Crippen LogP contribution in [0.3, 0.4) is 0 Å². The summed E-state index contributed by atoms with van der Waals surface area (Å²) in [4.78, 5) is 27.1. The van der Waals surface area contributed by atoms with Gasteiger partial charge in [0.05, 0.1) is 21.4 Å². The molecule has 0 saturated carbocycles. The second kappa shape index (κ2) is 11.2. The van der Waals surface area contributed by atoms with Crippen LogP contribution in [0.1, 0.15) is 50.4 Å². The lowest BCUT2D eigenvalue weighted by Crippen LogP contribution is -2.41. The van der Waals surface area contributed by atoms with Gasteiger partial charge in [-0.05, 0) is 42.0 Å². The molecule has 1 saturated heterocycles. The first-order chi connectivity index (χ1) is 17.5. The SMILES string of the molecule is Cn1nc(C(C)(C)C)cc1NC(=O)NCc1ccccc1CC1CCC(=O)N(c2c(Cl)cccc2Cl)C1. The Labute approximate surface area is 228 Å². The Bertz CT molecular complexity index is 1280. The quantitative estimate of drug-likeness (QED) is 0.382. The van der Waals surface area contributed by atoms with Crippen LogP contribution in [0, 0.1) is 5.92 Å². The number of hydrogen-bond donors (Lipinski definition) is 2. The molecule has 1 aliphatic rings. The minimum atomic E-state index is -0.291. The zero-order chi connectivity index (χ0) is 26.7. The second-order valence-electron chi connectivity index (χ2n) is 10.5. The van der Waals surface area contributed by atoms with Gasteiger partial charge in [0.2, 0.25) is 5.91 Å². The maximum Gasteiger partial charge on any atom is 0.320 e. The van der Waals surface area contributed by atoms with Gasteiger partial charge in [0, 0.05) is 38.0 Å². The Morgan fingerprint density at radius 2 is 1.76 bits per heavy atom. The summed E-state index contributed by atoms with van der Waals surface area (Å²) in [6, 6.07) is 15.0. The van der Waals surface area contributed by atoms with E-state index in [1.165, 1.54) is 0 Å². The smallest absolute Gasteiger partial charge is 0.320 e. The highest BCUT2D eigenvalue weighted by atomic mass is 35.5. The molecule has 9 heteroatoms. The number of rotatable bonds is 6. The molecule has 2 heterocycles. The number of anilines is 2. The lowest BCUT2D eigenvalue weighted by molar-refractivity contribution is -0.120. The van der Waals surface area contributed by atoms with Crippen LogP contribution in [0.4, 0.5) is 16.3 Å². The first-order valence-corrected chi connectivity index (χ1v) is 13.2. The molecular weight excluding hydrogens is 509 g/mol. The van der Waals surface area contributed by atoms with E-state index in [-0.39, 0.29) is 23.3 Å². The Morgan fingerprint density at radius 3 is 2.41 bits per heavy atom. The molecule has 0 bridgehead atoms. The van der Waals surface area contributed by atoms with Gasteiger partial charge in [-0.25, -0.2) is 4.79 Å². The number of benzene rings is 2. The summed E-state index contributed by atoms with van der Waals surface area (Å²) in [6.45, 7) is 7.18. The fourth-order valence-corrected chi connectivity index (χ4v) is 5.17. The Balaban J connectivity index is 1.41. The number of aryl methyl sites for hydroxylation is 1. The zero-order valence-corrected chi connectivity index (χ0v) is 23.2. The Morgan fingerprint density at radius 1 is 1.08 bits per heavy atom. The van der Waals surface area contributed by atoms with E-state index in [2.05, 4.69) is 42.6 Å². The molecule has 1 fully saturated rings. The normalized spacial score (nSPS) is 16.1. The first kappa shape index (κ1) is 27.0. The van der Waals surface area contributed by atoms with Crippen molar-refractivity contribution in [1.29, 1.82) is 0 Å². The number of urea groups is 1. The van der Waals surface area contributed by atoms with Crippen molar-refractivity contribution in [2.24, 2.45) is 13.0 Å². The van der Waals surface area contributed by atoms with Gasteiger partial charge < -0.3 is 10.2 Å². The van der Waals surface area contributed by atoms with Crippen LogP contribution in [-0.2, 0) is 30.2 Å². The fourth-order valence-electron chi connectivity index (χ4n) is 4.57. The van der Waals surface area contributed by atoms with E-state index < -0.39 is 0 Å². The third-order valence-corrected chi connectivity index (χ3v) is 7.28. The van der Waals surface area contributed by atoms with Crippen LogP contribution < -0.4 is 15.5 Å². The third kappa shape index (κ3) is 6.46. The molecule has 3 aromatic rings. The third-order valence-electron chi connectivity index (χ3n) is 6.67. The van der Waals surface area contributed by atoms with Gasteiger partial charge in [-0.15, -0.1) is 0 Å². The largest absolute Gasteiger partial charge is 0.334 e. The number of piperidine rings is 1. The van der Waals surface area contributed by atoms with E-state index in [9.17, 15) is 9.59 Å². The van der Waals surface area contributed by atoms with Crippen molar-refractivity contribution < 1.29 is 9.59 Å². The molecule has 1 aliphatic heterocycles. The number of nitrogens with zero attached hydrogens (tertiary/aromatic N) is 3. The Hall–Kier alpha value is -3.03. The van der Waals surface area contributed by atoms with E-state index in [4.69, 9.17) is 23.2 Å². The molecule has 3 amide bonds. The molecule has 2 aromatic carbocycles. The molecule has 0 aliphatic carbocycles. The van der Waals surface area contributed by atoms with Gasteiger partial charge >= 0.3 is 6.03 Å². The van der Waals surface area contributed by atoms with Crippen LogP contribution in [-0.4, -0.2) is 28.3 Å². The molecule has 0 spiro atoms. The minimum Gasteiger partial charge on any atom is -0.334 e. The maximum absolute atomic E-state index is 12.7. The van der Waals surface area contributed by atoms with Gasteiger partial charge in [0.25, 0.3) is 0 Å². The summed E-state index contributed by atoms with van der Waals surface area (Å²) >= 11 is 12.8. The predicted octanol–water partition coefficient (Wildman–Crippen LogP) is 6.33. The van der Waals surface area contributed by atoms with Gasteiger partial charge in [-0.1, -0.05) is 74.3 Å². The first-order valence-electron chi connectivity index (χ1n) is 12.4. The molecule has 196 valence electrons. The number of hydrogen-bond acceptors (Lipinski definition) is 3. The topological polar surface area (TPSA) is 79.3 Å². The average Bonchev–Trinajstić information content (AvgIpc) is 3.21. The molecule has 0 radical (unpaired) electrons. The summed E-state index contributed by atoms with van der Waals surface area (Å²) < 4.78 is 1.68. The van der Waals surface area contributed by atoms with Crippen molar-refractivity contribution in [1.82, 2.24) is 15.1 Å². The van der Waals surface area contributed by atoms with Crippen LogP contribution in [0.2, 0.25) is 10.0 Å². The van der Waals surface area contributed by atoms with Crippen molar-refractivity contribution >= 4 is 46.6 Å². The number of carbonyl (C=O) groups is 2. The van der Waals surface area contributed by atoms with Crippen LogP contribution >= 0.6 is 23.2 Å². The second-order valence-corrected chi connectivity index (χ2v) is 11.4. The lowest BCUT2D eigenvalue weighted by atomic mass is 9.89. The average molecular weight is 543 g/mol. The highest BCUT2D eigenvalue weighted by Gasteiger charge is 2.30. The van der Waals surface area contributed by atoms with Crippen molar-refractivity contribution in [3.05, 3.63) is 75.4 Å². The number of nitrogens with one attached hydrogen (secondary N) is 2. The molecule has 4 rings (SSSR count). The van der Waals surface area contributed by atoms with Gasteiger partial charge in [0.15, 0.2) is 0 Å². The van der Waals surface area contributed by atoms with E-state index in [0.29, 0.717) is 41.1 Å². The summed E-state index contributed by atoms with van der Waals surface area (Å²) in [5.74, 6) is 0.911. The molecule has 1 aromatic heterocycles. The lowest BCUT2D eigenvalue weighted by Gasteiger charge is -2.34. The predicted molar refractivity (Wildman–Crippen MR) is 149 cm³/mol. The number of para-hydroxylation sites is 1. The van der Waals surface area contributed by atoms with Crippen LogP contribution in [0.15, 0.2) is 48.5 Å². The van der Waals surface area contributed by atoms with E-state index in [1.54, 1.807) is 27.8 Å². The number of aromatic nitrogens is 2. The van der Waals surface area contributed by atoms with E-state index >= 15 is 0 Å². The van der Waals surface area contributed by atoms with Crippen molar-refractivity contribution in [3.8, 4) is 0 Å². The summed E-state index contributed by atoms with van der Waals surface area (Å²) in [7, 11) is 1.81. The van der Waals surface area contributed by atoms with Crippen LogP contribution in [0.25, 0.3) is 0 Å². The molecule has 2 N–H and O–H groups in total. The highest BCUT2D eigenvalue weighted by Crippen LogP contribution is 2.37. The molecule has 37 heavy (non-hydrogen) atoms. The van der Waals surface area contributed by atoms with Crippen LogP contribution in [0.5, 0.6) is 0 Å². The molecule has 1 unspecified atom stereocenters. The number of carbonyl (C=O) groups excluding carboxylic acids is 2. The van der Waals surface area contributed by atoms with Gasteiger partial charge in [-0.3, -0.25) is 14.8 Å². The molecular formula is C28H33Cl2N5O2. The summed E-state index contributed by atoms with van der Waals surface area (Å²) in [5, 5.41) is 11.3. The van der Waals surface area contributed by atoms with Crippen molar-refractivity contribution in [2.75, 3.05) is 16.8 Å². The van der Waals surface area contributed by atoms with Crippen molar-refractivity contribution in [3.63, 3.8) is 0 Å². The Kier molecular flexibility index (Phi) is 8.14. The van der Waals surface area contributed by atoms with Crippen molar-refractivity contribution in [2.45, 2.75) is 52.0 Å². The summed E-state index contributed by atoms with van der Waals surface area (Å²) in [5.41, 5.74) is 3.56. The monoisotopic (exact) mass is 541 g/mol. The van der Waals surface area contributed by atoms with Gasteiger partial charge in [0.1, 0.15) is 5.82 Å².